The van der Waals surface area contributed by atoms with Crippen LogP contribution in [0.5, 0.6) is 5.75 Å². The van der Waals surface area contributed by atoms with E-state index < -0.39 is 11.9 Å². The molecular formula is C19H18Cl2N2O3. The number of rotatable bonds is 3. The molecule has 2 N–H and O–H groups in total. The zero-order chi connectivity index (χ0) is 19.0. The van der Waals surface area contributed by atoms with Gasteiger partial charge >= 0.3 is 5.97 Å². The van der Waals surface area contributed by atoms with Gasteiger partial charge in [-0.05, 0) is 23.8 Å². The maximum absolute atomic E-state index is 12.4. The van der Waals surface area contributed by atoms with E-state index in [1.165, 1.54) is 7.11 Å². The molecule has 1 atom stereocenters. The Hall–Kier alpha value is -2.37. The van der Waals surface area contributed by atoms with Crippen LogP contribution in [0.25, 0.3) is 0 Å². The smallest absolute Gasteiger partial charge is 0.340 e. The van der Waals surface area contributed by atoms with E-state index in [4.69, 9.17) is 38.4 Å². The Kier molecular flexibility index (Phi) is 5.03. The SMILES string of the molecule is COC(=O)C1=C(N)Oc2cc(N(C)C)ccc2[C@H]1c1ccc(Cl)cc1Cl. The second-order valence-electron chi connectivity index (χ2n) is 6.09. The third kappa shape index (κ3) is 3.20. The molecule has 1 heterocycles. The third-order valence-corrected chi connectivity index (χ3v) is 4.84. The lowest BCUT2D eigenvalue weighted by Gasteiger charge is -2.29. The number of carbonyl (C=O) groups is 1. The minimum Gasteiger partial charge on any atom is -0.465 e. The first-order valence-electron chi connectivity index (χ1n) is 7.85. The molecule has 1 aliphatic heterocycles. The summed E-state index contributed by atoms with van der Waals surface area (Å²) < 4.78 is 10.7. The van der Waals surface area contributed by atoms with Crippen LogP contribution in [0, 0.1) is 0 Å². The van der Waals surface area contributed by atoms with Crippen LogP contribution in [-0.2, 0) is 9.53 Å². The number of carbonyl (C=O) groups excluding carboxylic acids is 1. The normalized spacial score (nSPS) is 16.0. The van der Waals surface area contributed by atoms with Crippen LogP contribution in [-0.4, -0.2) is 27.2 Å². The molecule has 5 nitrogen and oxygen atoms in total. The Morgan fingerprint density at radius 3 is 2.46 bits per heavy atom. The summed E-state index contributed by atoms with van der Waals surface area (Å²) >= 11 is 12.4. The van der Waals surface area contributed by atoms with Crippen molar-refractivity contribution < 1.29 is 14.3 Å². The molecule has 0 bridgehead atoms. The van der Waals surface area contributed by atoms with Gasteiger partial charge in [0.15, 0.2) is 0 Å². The Bertz CT molecular complexity index is 910. The Morgan fingerprint density at radius 2 is 1.85 bits per heavy atom. The first kappa shape index (κ1) is 18.4. The fourth-order valence-corrected chi connectivity index (χ4v) is 3.50. The lowest BCUT2D eigenvalue weighted by atomic mass is 9.83. The summed E-state index contributed by atoms with van der Waals surface area (Å²) in [5, 5.41) is 0.937. The molecule has 0 radical (unpaired) electrons. The second-order valence-corrected chi connectivity index (χ2v) is 6.93. The number of hydrogen-bond donors (Lipinski definition) is 1. The highest BCUT2D eigenvalue weighted by atomic mass is 35.5. The molecule has 3 rings (SSSR count). The van der Waals surface area contributed by atoms with Gasteiger partial charge in [-0.2, -0.15) is 0 Å². The molecule has 136 valence electrons. The van der Waals surface area contributed by atoms with Crippen molar-refractivity contribution in [2.75, 3.05) is 26.1 Å². The average Bonchev–Trinajstić information content (AvgIpc) is 2.59. The highest BCUT2D eigenvalue weighted by Gasteiger charge is 2.36. The van der Waals surface area contributed by atoms with Crippen LogP contribution in [0.15, 0.2) is 47.9 Å². The molecule has 26 heavy (non-hydrogen) atoms. The summed E-state index contributed by atoms with van der Waals surface area (Å²) in [6.45, 7) is 0. The van der Waals surface area contributed by atoms with Crippen molar-refractivity contribution >= 4 is 34.9 Å². The van der Waals surface area contributed by atoms with E-state index in [1.54, 1.807) is 18.2 Å². The van der Waals surface area contributed by atoms with E-state index in [9.17, 15) is 4.79 Å². The molecule has 0 spiro atoms. The van der Waals surface area contributed by atoms with E-state index in [1.807, 2.05) is 37.2 Å². The molecule has 0 aliphatic carbocycles. The number of esters is 1. The summed E-state index contributed by atoms with van der Waals surface area (Å²) in [6.07, 6.45) is 0. The van der Waals surface area contributed by atoms with Gasteiger partial charge in [0.25, 0.3) is 0 Å². The van der Waals surface area contributed by atoms with E-state index in [0.29, 0.717) is 21.4 Å². The summed E-state index contributed by atoms with van der Waals surface area (Å²) in [4.78, 5) is 14.4. The van der Waals surface area contributed by atoms with Crippen LogP contribution < -0.4 is 15.4 Å². The van der Waals surface area contributed by atoms with Gasteiger partial charge in [0.05, 0.1) is 13.0 Å². The van der Waals surface area contributed by atoms with Crippen LogP contribution >= 0.6 is 23.2 Å². The second kappa shape index (κ2) is 7.09. The van der Waals surface area contributed by atoms with Gasteiger partial charge in [-0.15, -0.1) is 0 Å². The summed E-state index contributed by atoms with van der Waals surface area (Å²) in [6, 6.07) is 10.8. The fourth-order valence-electron chi connectivity index (χ4n) is 2.99. The van der Waals surface area contributed by atoms with Crippen molar-refractivity contribution in [3.05, 3.63) is 69.0 Å². The third-order valence-electron chi connectivity index (χ3n) is 4.28. The highest BCUT2D eigenvalue weighted by molar-refractivity contribution is 6.35. The number of nitrogens with zero attached hydrogens (tertiary/aromatic N) is 1. The quantitative estimate of drug-likeness (QED) is 0.801. The minimum absolute atomic E-state index is 0.00345. The van der Waals surface area contributed by atoms with Crippen molar-refractivity contribution in [2.45, 2.75) is 5.92 Å². The van der Waals surface area contributed by atoms with Gasteiger partial charge in [-0.25, -0.2) is 4.79 Å². The molecule has 0 fully saturated rings. The predicted molar refractivity (Wildman–Crippen MR) is 103 cm³/mol. The van der Waals surface area contributed by atoms with Crippen LogP contribution in [0.3, 0.4) is 0 Å². The molecule has 0 saturated heterocycles. The molecule has 0 unspecified atom stereocenters. The Morgan fingerprint density at radius 1 is 1.15 bits per heavy atom. The molecule has 1 aliphatic rings. The summed E-state index contributed by atoms with van der Waals surface area (Å²) in [5.41, 5.74) is 8.70. The highest BCUT2D eigenvalue weighted by Crippen LogP contribution is 2.46. The van der Waals surface area contributed by atoms with E-state index in [-0.39, 0.29) is 11.5 Å². The molecule has 0 saturated carbocycles. The largest absolute Gasteiger partial charge is 0.465 e. The predicted octanol–water partition coefficient (Wildman–Crippen LogP) is 3.93. The first-order valence-corrected chi connectivity index (χ1v) is 8.61. The van der Waals surface area contributed by atoms with Crippen molar-refractivity contribution in [3.63, 3.8) is 0 Å². The van der Waals surface area contributed by atoms with Gasteiger partial charge in [-0.3, -0.25) is 0 Å². The molecule has 2 aromatic carbocycles. The number of nitrogens with two attached hydrogens (primary N) is 1. The van der Waals surface area contributed by atoms with Gasteiger partial charge in [-0.1, -0.05) is 35.3 Å². The number of fused-ring (bicyclic) bond motifs is 1. The van der Waals surface area contributed by atoms with E-state index in [0.717, 1.165) is 11.3 Å². The van der Waals surface area contributed by atoms with Gasteiger partial charge in [0.1, 0.15) is 11.3 Å². The number of methoxy groups -OCH3 is 1. The van der Waals surface area contributed by atoms with E-state index in [2.05, 4.69) is 0 Å². The Labute approximate surface area is 161 Å². The fraction of sp³-hybridized carbons (Fsp3) is 0.211. The molecule has 7 heteroatoms. The van der Waals surface area contributed by atoms with Gasteiger partial charge in [0.2, 0.25) is 5.88 Å². The molecule has 0 amide bonds. The monoisotopic (exact) mass is 392 g/mol. The number of anilines is 1. The van der Waals surface area contributed by atoms with Crippen LogP contribution in [0.1, 0.15) is 17.0 Å². The van der Waals surface area contributed by atoms with Crippen molar-refractivity contribution in [1.82, 2.24) is 0 Å². The maximum Gasteiger partial charge on any atom is 0.340 e. The van der Waals surface area contributed by atoms with Crippen LogP contribution in [0.4, 0.5) is 5.69 Å². The topological polar surface area (TPSA) is 64.8 Å². The summed E-state index contributed by atoms with van der Waals surface area (Å²) in [7, 11) is 5.15. The Balaban J connectivity index is 2.24. The van der Waals surface area contributed by atoms with Crippen molar-refractivity contribution in [3.8, 4) is 5.75 Å². The molecular weight excluding hydrogens is 375 g/mol. The van der Waals surface area contributed by atoms with Gasteiger partial charge < -0.3 is 20.1 Å². The lowest BCUT2D eigenvalue weighted by Crippen LogP contribution is -2.27. The number of benzene rings is 2. The van der Waals surface area contributed by atoms with Crippen LogP contribution in [0.2, 0.25) is 10.0 Å². The number of hydrogen-bond acceptors (Lipinski definition) is 5. The zero-order valence-electron chi connectivity index (χ0n) is 14.5. The molecule has 0 aromatic heterocycles. The maximum atomic E-state index is 12.4. The zero-order valence-corrected chi connectivity index (χ0v) is 16.1. The number of halogens is 2. The van der Waals surface area contributed by atoms with Crippen molar-refractivity contribution in [1.29, 1.82) is 0 Å². The minimum atomic E-state index is -0.569. The number of ether oxygens (including phenoxy) is 2. The van der Waals surface area contributed by atoms with Crippen molar-refractivity contribution in [2.24, 2.45) is 5.73 Å². The first-order chi connectivity index (χ1) is 12.3. The van der Waals surface area contributed by atoms with E-state index >= 15 is 0 Å². The molecule has 2 aromatic rings. The summed E-state index contributed by atoms with van der Waals surface area (Å²) in [5.74, 6) is -0.526. The average molecular weight is 393 g/mol. The standard InChI is InChI=1S/C19H18Cl2N2O3/c1-23(2)11-5-7-13-15(9-11)26-18(22)17(19(24)25-3)16(13)12-6-4-10(20)8-14(12)21/h4-9,16H,22H2,1-3H3/t16-/m1/s1. The lowest BCUT2D eigenvalue weighted by molar-refractivity contribution is -0.136. The van der Waals surface area contributed by atoms with Gasteiger partial charge in [0, 0.05) is 41.5 Å².